The highest BCUT2D eigenvalue weighted by atomic mass is 32.2. The number of hydrogen-bond acceptors (Lipinski definition) is 11. The predicted octanol–water partition coefficient (Wildman–Crippen LogP) is 3.76. The van der Waals surface area contributed by atoms with Gasteiger partial charge in [0.15, 0.2) is 20.6 Å². The number of carbonyl (C=O) groups excluding carboxylic acids is 2. The van der Waals surface area contributed by atoms with E-state index in [2.05, 4.69) is 20.6 Å². The first-order valence-electron chi connectivity index (χ1n) is 12.0. The molecule has 0 aliphatic heterocycles. The molecule has 4 rings (SSSR count). The average molecular weight is 572 g/mol. The van der Waals surface area contributed by atoms with Gasteiger partial charge in [-0.2, -0.15) is 0 Å². The Kier molecular flexibility index (Phi) is 8.66. The minimum atomic E-state index is -3.84. The number of nitrogens with one attached hydrogen (secondary N) is 2. The molecule has 0 radical (unpaired) electrons. The van der Waals surface area contributed by atoms with Gasteiger partial charge < -0.3 is 15.1 Å². The number of fused-ring (bicyclic) bond motifs is 1. The zero-order valence-electron chi connectivity index (χ0n) is 20.8. The minimum absolute atomic E-state index is 0.00548. The lowest BCUT2D eigenvalue weighted by molar-refractivity contribution is -0.380. The molecule has 0 saturated carbocycles. The summed E-state index contributed by atoms with van der Waals surface area (Å²) in [7, 11) is -3.84. The van der Waals surface area contributed by atoms with Crippen molar-refractivity contribution in [1.29, 1.82) is 0 Å². The van der Waals surface area contributed by atoms with Gasteiger partial charge >= 0.3 is 5.00 Å². The van der Waals surface area contributed by atoms with Gasteiger partial charge in [-0.05, 0) is 35.5 Å². The molecule has 0 bridgehead atoms. The monoisotopic (exact) mass is 571 g/mol. The first kappa shape index (κ1) is 27.9. The van der Waals surface area contributed by atoms with Crippen LogP contribution in [0.3, 0.4) is 0 Å². The molecule has 0 aliphatic carbocycles. The molecular weight excluding hydrogens is 546 g/mol. The number of anilines is 1. The van der Waals surface area contributed by atoms with Crippen molar-refractivity contribution in [3.63, 3.8) is 0 Å². The molecule has 1 amide bonds. The van der Waals surface area contributed by atoms with Crippen molar-refractivity contribution in [3.8, 4) is 0 Å². The van der Waals surface area contributed by atoms with Crippen LogP contribution in [0.1, 0.15) is 36.0 Å². The summed E-state index contributed by atoms with van der Waals surface area (Å²) in [5, 5.41) is 16.1. The summed E-state index contributed by atoms with van der Waals surface area (Å²) in [4.78, 5) is 45.2. The van der Waals surface area contributed by atoms with Gasteiger partial charge in [0, 0.05) is 0 Å². The number of Topliss-reactive ketones (excluding diaryl/α,β-unsaturated/α-hetero) is 1. The number of sulfone groups is 1. The summed E-state index contributed by atoms with van der Waals surface area (Å²) < 4.78 is 31.7. The molecule has 2 N–H and O–H groups in total. The zero-order valence-corrected chi connectivity index (χ0v) is 22.4. The van der Waals surface area contributed by atoms with E-state index in [9.17, 15) is 28.1 Å². The Hall–Kier alpha value is -4.17. The molecule has 0 spiro atoms. The van der Waals surface area contributed by atoms with Crippen LogP contribution in [0.15, 0.2) is 65.2 Å². The molecule has 0 aliphatic rings. The van der Waals surface area contributed by atoms with E-state index in [1.165, 1.54) is 0 Å². The van der Waals surface area contributed by atoms with E-state index >= 15 is 0 Å². The Labute approximate surface area is 227 Å². The first-order valence-corrected chi connectivity index (χ1v) is 14.6. The van der Waals surface area contributed by atoms with Crippen LogP contribution >= 0.6 is 11.3 Å². The molecule has 14 heteroatoms. The van der Waals surface area contributed by atoms with Crippen LogP contribution in [0.4, 0.5) is 10.1 Å². The number of nitrogens with zero attached hydrogens (tertiary/aromatic N) is 3. The maximum atomic E-state index is 13.4. The van der Waals surface area contributed by atoms with Gasteiger partial charge in [0.05, 0.1) is 22.5 Å². The van der Waals surface area contributed by atoms with Crippen LogP contribution in [0.2, 0.25) is 0 Å². The number of thiazole rings is 1. The Morgan fingerprint density at radius 1 is 1.10 bits per heavy atom. The number of rotatable bonds is 13. The van der Waals surface area contributed by atoms with Crippen LogP contribution in [0.5, 0.6) is 0 Å². The molecular formula is C25H25N5O7S2. The Morgan fingerprint density at radius 2 is 1.82 bits per heavy atom. The SMILES string of the molecule is CCC[C@H](NC(=O)[C@H](CS(=O)(=O)Cc1ccccc1)Nc1ncc([N+](=O)[O-])s1)C(=O)c1nc2ccccc2o1. The third kappa shape index (κ3) is 7.23. The van der Waals surface area contributed by atoms with E-state index in [1.807, 2.05) is 6.92 Å². The maximum absolute atomic E-state index is 13.4. The molecule has 0 unspecified atom stereocenters. The van der Waals surface area contributed by atoms with E-state index in [-0.39, 0.29) is 28.2 Å². The topological polar surface area (TPSA) is 174 Å². The minimum Gasteiger partial charge on any atom is -0.434 e. The molecule has 0 saturated heterocycles. The molecule has 2 atom stereocenters. The lowest BCUT2D eigenvalue weighted by Gasteiger charge is -2.22. The van der Waals surface area contributed by atoms with E-state index in [4.69, 9.17) is 4.42 Å². The smallest absolute Gasteiger partial charge is 0.345 e. The number of aromatic nitrogens is 2. The standard InChI is InChI=1S/C25H25N5O7S2/c1-2-8-18(22(31)24-28-17-11-6-7-12-20(17)37-24)27-23(32)19(29-25-26-13-21(38-25)30(33)34)15-39(35,36)14-16-9-4-3-5-10-16/h3-7,9-13,18-19H,2,8,14-15H2,1H3,(H,26,29)(H,27,32)/t18-,19-/m0/s1. The van der Waals surface area contributed by atoms with Crippen molar-refractivity contribution in [1.82, 2.24) is 15.3 Å². The number of carbonyl (C=O) groups is 2. The summed E-state index contributed by atoms with van der Waals surface area (Å²) in [5.41, 5.74) is 1.44. The predicted molar refractivity (Wildman–Crippen MR) is 145 cm³/mol. The van der Waals surface area contributed by atoms with Crippen molar-refractivity contribution in [2.24, 2.45) is 0 Å². The lowest BCUT2D eigenvalue weighted by atomic mass is 10.1. The number of para-hydroxylation sites is 2. The molecule has 2 heterocycles. The van der Waals surface area contributed by atoms with Crippen molar-refractivity contribution >= 4 is 54.1 Å². The van der Waals surface area contributed by atoms with Crippen LogP contribution in [0.25, 0.3) is 11.1 Å². The summed E-state index contributed by atoms with van der Waals surface area (Å²) in [6, 6.07) is 12.9. The number of benzene rings is 2. The van der Waals surface area contributed by atoms with Crippen LogP contribution in [-0.4, -0.2) is 52.8 Å². The Bertz CT molecular complexity index is 1550. The molecule has 0 fully saturated rings. The van der Waals surface area contributed by atoms with E-state index < -0.39 is 44.3 Å². The number of hydrogen-bond donors (Lipinski definition) is 2. The lowest BCUT2D eigenvalue weighted by Crippen LogP contribution is -2.50. The fourth-order valence-corrected chi connectivity index (χ4v) is 6.09. The van der Waals surface area contributed by atoms with Gasteiger partial charge in [0.1, 0.15) is 17.8 Å². The fourth-order valence-electron chi connectivity index (χ4n) is 3.85. The van der Waals surface area contributed by atoms with E-state index in [0.29, 0.717) is 34.4 Å². The van der Waals surface area contributed by atoms with Gasteiger partial charge in [0.2, 0.25) is 11.7 Å². The summed E-state index contributed by atoms with van der Waals surface area (Å²) in [6.07, 6.45) is 1.78. The third-order valence-corrected chi connectivity index (χ3v) is 8.15. The average Bonchev–Trinajstić information content (AvgIpc) is 3.55. The second-order valence-electron chi connectivity index (χ2n) is 8.70. The van der Waals surface area contributed by atoms with Gasteiger partial charge in [0.25, 0.3) is 5.89 Å². The fraction of sp³-hybridized carbons (Fsp3) is 0.280. The molecule has 12 nitrogen and oxygen atoms in total. The highest BCUT2D eigenvalue weighted by Gasteiger charge is 2.32. The molecule has 2 aromatic carbocycles. The molecule has 39 heavy (non-hydrogen) atoms. The normalized spacial score (nSPS) is 13.1. The van der Waals surface area contributed by atoms with Gasteiger partial charge in [-0.25, -0.2) is 18.4 Å². The van der Waals surface area contributed by atoms with Crippen LogP contribution in [-0.2, 0) is 20.4 Å². The van der Waals surface area contributed by atoms with E-state index in [1.54, 1.807) is 54.6 Å². The Balaban J connectivity index is 1.57. The second kappa shape index (κ2) is 12.1. The van der Waals surface area contributed by atoms with Crippen molar-refractivity contribution < 1.29 is 27.3 Å². The number of amides is 1. The van der Waals surface area contributed by atoms with Crippen LogP contribution < -0.4 is 10.6 Å². The summed E-state index contributed by atoms with van der Waals surface area (Å²) >= 11 is 0.663. The molecule has 204 valence electrons. The highest BCUT2D eigenvalue weighted by Crippen LogP contribution is 2.26. The molecule has 2 aromatic heterocycles. The van der Waals surface area contributed by atoms with Crippen LogP contribution in [0, 0.1) is 10.1 Å². The maximum Gasteiger partial charge on any atom is 0.345 e. The first-order chi connectivity index (χ1) is 18.6. The molecule has 4 aromatic rings. The number of oxazole rings is 1. The van der Waals surface area contributed by atoms with Crippen molar-refractivity contribution in [2.75, 3.05) is 11.1 Å². The van der Waals surface area contributed by atoms with Gasteiger partial charge in [-0.3, -0.25) is 19.7 Å². The van der Waals surface area contributed by atoms with Gasteiger partial charge in [-0.1, -0.05) is 55.8 Å². The third-order valence-electron chi connectivity index (χ3n) is 5.65. The highest BCUT2D eigenvalue weighted by molar-refractivity contribution is 7.90. The Morgan fingerprint density at radius 3 is 2.49 bits per heavy atom. The number of ketones is 1. The van der Waals surface area contributed by atoms with Gasteiger partial charge in [-0.15, -0.1) is 0 Å². The largest absolute Gasteiger partial charge is 0.434 e. The number of nitro groups is 1. The van der Waals surface area contributed by atoms with Crippen molar-refractivity contribution in [2.45, 2.75) is 37.6 Å². The summed E-state index contributed by atoms with van der Waals surface area (Å²) in [5.74, 6) is -2.48. The second-order valence-corrected chi connectivity index (χ2v) is 11.8. The van der Waals surface area contributed by atoms with E-state index in [0.717, 1.165) is 6.20 Å². The van der Waals surface area contributed by atoms with Crippen molar-refractivity contribution in [3.05, 3.63) is 82.4 Å². The summed E-state index contributed by atoms with van der Waals surface area (Å²) in [6.45, 7) is 1.83. The quantitative estimate of drug-likeness (QED) is 0.137. The zero-order chi connectivity index (χ0) is 28.0.